The molecule has 1 amide bonds. The highest BCUT2D eigenvalue weighted by molar-refractivity contribution is 7.98. The van der Waals surface area contributed by atoms with E-state index >= 15 is 0 Å². The monoisotopic (exact) mass is 454 g/mol. The predicted molar refractivity (Wildman–Crippen MR) is 129 cm³/mol. The van der Waals surface area contributed by atoms with Crippen LogP contribution in [0.4, 0.5) is 5.82 Å². The Morgan fingerprint density at radius 1 is 1.06 bits per heavy atom. The number of amides is 1. The highest BCUT2D eigenvalue weighted by atomic mass is 35.5. The molecule has 3 aromatic rings. The van der Waals surface area contributed by atoms with E-state index in [2.05, 4.69) is 34.0 Å². The summed E-state index contributed by atoms with van der Waals surface area (Å²) in [5.74, 6) is 1.38. The first-order valence-corrected chi connectivity index (χ1v) is 11.7. The van der Waals surface area contributed by atoms with Crippen molar-refractivity contribution in [2.75, 3.05) is 18.0 Å². The summed E-state index contributed by atoms with van der Waals surface area (Å²) < 4.78 is 0. The third-order valence-electron chi connectivity index (χ3n) is 4.95. The Morgan fingerprint density at radius 2 is 1.81 bits per heavy atom. The molecule has 5 nitrogen and oxygen atoms in total. The van der Waals surface area contributed by atoms with Crippen LogP contribution in [0.15, 0.2) is 65.8 Å². The smallest absolute Gasteiger partial charge is 0.251 e. The van der Waals surface area contributed by atoms with Crippen molar-refractivity contribution in [1.82, 2.24) is 15.3 Å². The van der Waals surface area contributed by atoms with Crippen LogP contribution >= 0.6 is 23.4 Å². The molecule has 0 bridgehead atoms. The van der Waals surface area contributed by atoms with Crippen LogP contribution in [0.25, 0.3) is 0 Å². The van der Waals surface area contributed by atoms with Crippen LogP contribution in [0.5, 0.6) is 0 Å². The molecule has 0 aliphatic carbocycles. The van der Waals surface area contributed by atoms with E-state index < -0.39 is 0 Å². The van der Waals surface area contributed by atoms with E-state index in [4.69, 9.17) is 11.6 Å². The SMILES string of the molecule is CCN(CC)c1cc(Cl)nc(SCc2cccc(C(=O)NC(C)c3ccccc3)c2)n1. The van der Waals surface area contributed by atoms with Gasteiger partial charge in [0.15, 0.2) is 5.16 Å². The zero-order valence-electron chi connectivity index (χ0n) is 18.0. The fourth-order valence-corrected chi connectivity index (χ4v) is 4.24. The van der Waals surface area contributed by atoms with Gasteiger partial charge in [-0.3, -0.25) is 4.79 Å². The first-order chi connectivity index (χ1) is 15.0. The van der Waals surface area contributed by atoms with Gasteiger partial charge in [-0.15, -0.1) is 0 Å². The molecule has 1 heterocycles. The quantitative estimate of drug-likeness (QED) is 0.253. The van der Waals surface area contributed by atoms with E-state index in [9.17, 15) is 4.79 Å². The van der Waals surface area contributed by atoms with Gasteiger partial charge < -0.3 is 10.2 Å². The summed E-state index contributed by atoms with van der Waals surface area (Å²) in [6.45, 7) is 7.86. The molecule has 0 saturated heterocycles. The maximum atomic E-state index is 12.7. The van der Waals surface area contributed by atoms with Crippen molar-refractivity contribution < 1.29 is 4.79 Å². The first kappa shape index (κ1) is 23.1. The number of thioether (sulfide) groups is 1. The van der Waals surface area contributed by atoms with Crippen LogP contribution in [-0.2, 0) is 5.75 Å². The molecule has 7 heteroatoms. The number of halogens is 1. The van der Waals surface area contributed by atoms with Crippen molar-refractivity contribution in [2.24, 2.45) is 0 Å². The lowest BCUT2D eigenvalue weighted by Gasteiger charge is -2.20. The number of anilines is 1. The van der Waals surface area contributed by atoms with Gasteiger partial charge in [-0.25, -0.2) is 9.97 Å². The molecular formula is C24H27ClN4OS. The van der Waals surface area contributed by atoms with Crippen LogP contribution in [0.2, 0.25) is 5.15 Å². The molecule has 31 heavy (non-hydrogen) atoms. The molecule has 1 aromatic heterocycles. The summed E-state index contributed by atoms with van der Waals surface area (Å²) in [5.41, 5.74) is 2.74. The third kappa shape index (κ3) is 6.45. The van der Waals surface area contributed by atoms with Crippen molar-refractivity contribution in [3.8, 4) is 0 Å². The van der Waals surface area contributed by atoms with Gasteiger partial charge in [-0.2, -0.15) is 0 Å². The average Bonchev–Trinajstić information content (AvgIpc) is 2.79. The highest BCUT2D eigenvalue weighted by Gasteiger charge is 2.13. The summed E-state index contributed by atoms with van der Waals surface area (Å²) >= 11 is 7.72. The first-order valence-electron chi connectivity index (χ1n) is 10.4. The van der Waals surface area contributed by atoms with Gasteiger partial charge in [-0.1, -0.05) is 65.8 Å². The molecule has 162 valence electrons. The molecular weight excluding hydrogens is 428 g/mol. The van der Waals surface area contributed by atoms with Crippen molar-refractivity contribution in [1.29, 1.82) is 0 Å². The van der Waals surface area contributed by atoms with Crippen molar-refractivity contribution in [2.45, 2.75) is 37.7 Å². The van der Waals surface area contributed by atoms with Crippen molar-refractivity contribution in [3.05, 3.63) is 82.5 Å². The Hall–Kier alpha value is -2.57. The van der Waals surface area contributed by atoms with Gasteiger partial charge in [0.2, 0.25) is 0 Å². The standard InChI is InChI=1S/C24H27ClN4OS/c1-4-29(5-2)22-15-21(25)27-24(28-22)31-16-18-10-9-13-20(14-18)23(30)26-17(3)19-11-7-6-8-12-19/h6-15,17H,4-5,16H2,1-3H3,(H,26,30). The second-order valence-corrected chi connectivity index (χ2v) is 8.43. The van der Waals surface area contributed by atoms with E-state index in [1.165, 1.54) is 11.8 Å². The normalized spacial score (nSPS) is 11.7. The highest BCUT2D eigenvalue weighted by Crippen LogP contribution is 2.25. The van der Waals surface area contributed by atoms with Crippen molar-refractivity contribution >= 4 is 35.1 Å². The Kier molecular flexibility index (Phi) is 8.32. The maximum Gasteiger partial charge on any atom is 0.251 e. The number of nitrogens with zero attached hydrogens (tertiary/aromatic N) is 3. The number of nitrogens with one attached hydrogen (secondary N) is 1. The van der Waals surface area contributed by atoms with Gasteiger partial charge >= 0.3 is 0 Å². The van der Waals surface area contributed by atoms with Gasteiger partial charge in [-0.05, 0) is 44.0 Å². The number of benzene rings is 2. The number of hydrogen-bond donors (Lipinski definition) is 1. The molecule has 0 fully saturated rings. The zero-order chi connectivity index (χ0) is 22.2. The Labute approximate surface area is 193 Å². The fraction of sp³-hybridized carbons (Fsp3) is 0.292. The van der Waals surface area contributed by atoms with Crippen LogP contribution in [-0.4, -0.2) is 29.0 Å². The summed E-state index contributed by atoms with van der Waals surface area (Å²) in [6.07, 6.45) is 0. The summed E-state index contributed by atoms with van der Waals surface area (Å²) in [5, 5.41) is 4.12. The molecule has 2 aromatic carbocycles. The molecule has 3 rings (SSSR count). The molecule has 1 atom stereocenters. The number of rotatable bonds is 9. The minimum absolute atomic E-state index is 0.0647. The Balaban J connectivity index is 1.66. The number of carbonyl (C=O) groups is 1. The van der Waals surface area contributed by atoms with E-state index in [-0.39, 0.29) is 11.9 Å². The summed E-state index contributed by atoms with van der Waals surface area (Å²) in [7, 11) is 0. The molecule has 0 aliphatic heterocycles. The fourth-order valence-electron chi connectivity index (χ4n) is 3.21. The Bertz CT molecular complexity index is 1010. The second kappa shape index (κ2) is 11.2. The van der Waals surface area contributed by atoms with E-state index in [0.29, 0.717) is 21.6 Å². The van der Waals surface area contributed by atoms with E-state index in [1.54, 1.807) is 6.07 Å². The van der Waals surface area contributed by atoms with Crippen LogP contribution < -0.4 is 10.2 Å². The van der Waals surface area contributed by atoms with Gasteiger partial charge in [0.25, 0.3) is 5.91 Å². The number of aromatic nitrogens is 2. The lowest BCUT2D eigenvalue weighted by atomic mass is 10.1. The second-order valence-electron chi connectivity index (χ2n) is 7.10. The van der Waals surface area contributed by atoms with E-state index in [0.717, 1.165) is 30.0 Å². The van der Waals surface area contributed by atoms with Gasteiger partial charge in [0.1, 0.15) is 11.0 Å². The minimum Gasteiger partial charge on any atom is -0.357 e. The summed E-state index contributed by atoms with van der Waals surface area (Å²) in [6, 6.07) is 19.3. The average molecular weight is 455 g/mol. The number of carbonyl (C=O) groups excluding carboxylic acids is 1. The summed E-state index contributed by atoms with van der Waals surface area (Å²) in [4.78, 5) is 23.8. The molecule has 0 spiro atoms. The van der Waals surface area contributed by atoms with Gasteiger partial charge in [0.05, 0.1) is 6.04 Å². The zero-order valence-corrected chi connectivity index (χ0v) is 19.6. The molecule has 0 aliphatic rings. The molecule has 0 saturated carbocycles. The predicted octanol–water partition coefficient (Wildman–Crippen LogP) is 5.76. The largest absolute Gasteiger partial charge is 0.357 e. The van der Waals surface area contributed by atoms with Crippen LogP contribution in [0.1, 0.15) is 48.3 Å². The topological polar surface area (TPSA) is 58.1 Å². The lowest BCUT2D eigenvalue weighted by molar-refractivity contribution is 0.0940. The van der Waals surface area contributed by atoms with Crippen LogP contribution in [0.3, 0.4) is 0 Å². The molecule has 1 unspecified atom stereocenters. The minimum atomic E-state index is -0.0916. The molecule has 1 N–H and O–H groups in total. The number of hydrogen-bond acceptors (Lipinski definition) is 5. The lowest BCUT2D eigenvalue weighted by Crippen LogP contribution is -2.26. The van der Waals surface area contributed by atoms with Crippen molar-refractivity contribution in [3.63, 3.8) is 0 Å². The van der Waals surface area contributed by atoms with E-state index in [1.807, 2.05) is 61.5 Å². The maximum absolute atomic E-state index is 12.7. The van der Waals surface area contributed by atoms with Gasteiger partial charge in [0, 0.05) is 30.5 Å². The van der Waals surface area contributed by atoms with Crippen LogP contribution in [0, 0.1) is 0 Å². The molecule has 0 radical (unpaired) electrons. The Morgan fingerprint density at radius 3 is 2.52 bits per heavy atom. The third-order valence-corrected chi connectivity index (χ3v) is 6.06.